The number of nitrogens with zero attached hydrogens (tertiary/aromatic N) is 1. The van der Waals surface area contributed by atoms with E-state index in [-0.39, 0.29) is 18.6 Å². The molecule has 0 aliphatic rings. The van der Waals surface area contributed by atoms with Gasteiger partial charge in [-0.2, -0.15) is 0 Å². The van der Waals surface area contributed by atoms with Crippen LogP contribution in [0.4, 0.5) is 5.69 Å². The molecule has 2 aromatic carbocycles. The molecule has 1 N–H and O–H groups in total. The number of nitrogens with one attached hydrogen (secondary N) is 1. The molecule has 9 heteroatoms. The number of anilines is 1. The molecule has 0 radical (unpaired) electrons. The fourth-order valence-electron chi connectivity index (χ4n) is 2.70. The summed E-state index contributed by atoms with van der Waals surface area (Å²) in [6.45, 7) is 1.49. The van der Waals surface area contributed by atoms with Crippen LogP contribution in [0.15, 0.2) is 52.9 Å². The Balaban J connectivity index is 1.53. The van der Waals surface area contributed by atoms with E-state index < -0.39 is 22.1 Å². The predicted molar refractivity (Wildman–Crippen MR) is 107 cm³/mol. The van der Waals surface area contributed by atoms with Crippen LogP contribution in [-0.4, -0.2) is 37.5 Å². The van der Waals surface area contributed by atoms with Crippen molar-refractivity contribution in [3.05, 3.63) is 60.0 Å². The highest BCUT2D eigenvalue weighted by Gasteiger charge is 2.20. The van der Waals surface area contributed by atoms with Crippen LogP contribution in [0.3, 0.4) is 0 Å². The number of Topliss-reactive ketones (excluding diaryl/α,β-unsaturated/α-hetero) is 1. The second-order valence-corrected chi connectivity index (χ2v) is 8.27. The van der Waals surface area contributed by atoms with E-state index in [9.17, 15) is 18.0 Å². The van der Waals surface area contributed by atoms with E-state index in [0.29, 0.717) is 28.2 Å². The van der Waals surface area contributed by atoms with Crippen molar-refractivity contribution in [2.75, 3.05) is 11.0 Å². The molecule has 0 spiro atoms. The molecule has 0 saturated carbocycles. The average molecular weight is 416 g/mol. The molecule has 152 valence electrons. The zero-order valence-corrected chi connectivity index (χ0v) is 16.7. The summed E-state index contributed by atoms with van der Waals surface area (Å²) in [5.41, 5.74) is 2.01. The van der Waals surface area contributed by atoms with Crippen LogP contribution in [0.25, 0.3) is 11.1 Å². The molecule has 29 heavy (non-hydrogen) atoms. The summed E-state index contributed by atoms with van der Waals surface area (Å²) in [6.07, 6.45) is 0.357. The number of oxazole rings is 1. The maximum absolute atomic E-state index is 12.4. The number of benzene rings is 2. The van der Waals surface area contributed by atoms with Crippen LogP contribution in [0, 0.1) is 0 Å². The Hall–Kier alpha value is -3.20. The predicted octanol–water partition coefficient (Wildman–Crippen LogP) is 2.95. The van der Waals surface area contributed by atoms with Crippen LogP contribution < -0.4 is 4.72 Å². The van der Waals surface area contributed by atoms with Crippen molar-refractivity contribution in [2.45, 2.75) is 25.9 Å². The van der Waals surface area contributed by atoms with Crippen molar-refractivity contribution in [1.29, 1.82) is 0 Å². The van der Waals surface area contributed by atoms with Gasteiger partial charge in [-0.1, -0.05) is 12.1 Å². The topological polar surface area (TPSA) is 116 Å². The lowest BCUT2D eigenvalue weighted by Gasteiger charge is -2.12. The monoisotopic (exact) mass is 416 g/mol. The number of hydrogen-bond donors (Lipinski definition) is 1. The van der Waals surface area contributed by atoms with Gasteiger partial charge in [0.15, 0.2) is 17.6 Å². The minimum atomic E-state index is -3.40. The highest BCUT2D eigenvalue weighted by Crippen LogP contribution is 2.17. The van der Waals surface area contributed by atoms with Gasteiger partial charge in [-0.15, -0.1) is 0 Å². The number of aromatic nitrogens is 1. The average Bonchev–Trinajstić information content (AvgIpc) is 3.08. The number of para-hydroxylation sites is 2. The smallest absolute Gasteiger partial charge is 0.307 e. The number of rotatable bonds is 8. The fourth-order valence-corrected chi connectivity index (χ4v) is 3.26. The molecule has 1 heterocycles. The third-order valence-corrected chi connectivity index (χ3v) is 4.64. The zero-order valence-electron chi connectivity index (χ0n) is 15.9. The van der Waals surface area contributed by atoms with Gasteiger partial charge in [-0.05, 0) is 43.3 Å². The van der Waals surface area contributed by atoms with Gasteiger partial charge in [-0.3, -0.25) is 14.3 Å². The first-order valence-corrected chi connectivity index (χ1v) is 10.8. The van der Waals surface area contributed by atoms with E-state index in [0.717, 1.165) is 6.26 Å². The zero-order chi connectivity index (χ0) is 21.0. The molecule has 1 atom stereocenters. The Morgan fingerprint density at radius 2 is 1.83 bits per heavy atom. The molecular formula is C20H20N2O6S. The first-order chi connectivity index (χ1) is 13.7. The molecule has 3 rings (SSSR count). The third kappa shape index (κ3) is 5.64. The van der Waals surface area contributed by atoms with Crippen molar-refractivity contribution in [3.8, 4) is 0 Å². The molecule has 0 fully saturated rings. The maximum atomic E-state index is 12.4. The molecule has 0 bridgehead atoms. The highest BCUT2D eigenvalue weighted by atomic mass is 32.2. The van der Waals surface area contributed by atoms with E-state index in [1.165, 1.54) is 31.2 Å². The van der Waals surface area contributed by atoms with E-state index in [1.807, 2.05) is 18.2 Å². The lowest BCUT2D eigenvalue weighted by atomic mass is 10.1. The van der Waals surface area contributed by atoms with Crippen LogP contribution in [0.1, 0.15) is 29.6 Å². The summed E-state index contributed by atoms with van der Waals surface area (Å²) in [5.74, 6) is -0.495. The molecule has 0 saturated heterocycles. The van der Waals surface area contributed by atoms with E-state index in [4.69, 9.17) is 9.15 Å². The van der Waals surface area contributed by atoms with Gasteiger partial charge in [0.1, 0.15) is 5.52 Å². The number of ketones is 1. The van der Waals surface area contributed by atoms with E-state index in [2.05, 4.69) is 9.71 Å². The van der Waals surface area contributed by atoms with Gasteiger partial charge in [0, 0.05) is 17.7 Å². The minimum Gasteiger partial charge on any atom is -0.454 e. The number of carbonyl (C=O) groups is 2. The summed E-state index contributed by atoms with van der Waals surface area (Å²) in [6, 6.07) is 13.2. The number of carbonyl (C=O) groups excluding carboxylic acids is 2. The Morgan fingerprint density at radius 3 is 2.48 bits per heavy atom. The molecule has 0 unspecified atom stereocenters. The molecule has 0 amide bonds. The largest absolute Gasteiger partial charge is 0.454 e. The van der Waals surface area contributed by atoms with Crippen molar-refractivity contribution < 1.29 is 27.2 Å². The number of sulfonamides is 1. The number of hydrogen-bond acceptors (Lipinski definition) is 7. The summed E-state index contributed by atoms with van der Waals surface area (Å²) >= 11 is 0. The van der Waals surface area contributed by atoms with Crippen molar-refractivity contribution in [1.82, 2.24) is 4.98 Å². The van der Waals surface area contributed by atoms with Crippen LogP contribution in [0.2, 0.25) is 0 Å². The second-order valence-electron chi connectivity index (χ2n) is 6.52. The van der Waals surface area contributed by atoms with Crippen molar-refractivity contribution in [2.24, 2.45) is 0 Å². The first-order valence-electron chi connectivity index (χ1n) is 8.87. The molecule has 3 aromatic rings. The van der Waals surface area contributed by atoms with Gasteiger partial charge in [0.2, 0.25) is 15.8 Å². The molecule has 0 aliphatic carbocycles. The van der Waals surface area contributed by atoms with Crippen LogP contribution in [0.5, 0.6) is 0 Å². The number of esters is 1. The molecule has 0 aliphatic heterocycles. The van der Waals surface area contributed by atoms with Gasteiger partial charge < -0.3 is 9.15 Å². The lowest BCUT2D eigenvalue weighted by molar-refractivity contribution is -0.146. The number of aryl methyl sites for hydroxylation is 1. The SMILES string of the molecule is C[C@@H](OC(=O)CCc1nc2ccccc2o1)C(=O)c1ccc(NS(C)(=O)=O)cc1. The van der Waals surface area contributed by atoms with Crippen molar-refractivity contribution in [3.63, 3.8) is 0 Å². The van der Waals surface area contributed by atoms with Gasteiger partial charge >= 0.3 is 5.97 Å². The summed E-state index contributed by atoms with van der Waals surface area (Å²) in [5, 5.41) is 0. The standard InChI is InChI=1S/C20H20N2O6S/c1-13(20(24)14-7-9-15(10-8-14)22-29(2,25)26)27-19(23)12-11-18-21-16-5-3-4-6-17(16)28-18/h3-10,13,22H,11-12H2,1-2H3/t13-/m1/s1. The molecular weight excluding hydrogens is 396 g/mol. The summed E-state index contributed by atoms with van der Waals surface area (Å²) in [7, 11) is -3.40. The normalized spacial score (nSPS) is 12.5. The van der Waals surface area contributed by atoms with Crippen molar-refractivity contribution >= 4 is 38.6 Å². The third-order valence-electron chi connectivity index (χ3n) is 4.03. The molecule has 1 aromatic heterocycles. The Kier molecular flexibility index (Phi) is 5.97. The van der Waals surface area contributed by atoms with Gasteiger partial charge in [0.25, 0.3) is 0 Å². The summed E-state index contributed by atoms with van der Waals surface area (Å²) in [4.78, 5) is 28.8. The summed E-state index contributed by atoms with van der Waals surface area (Å²) < 4.78 is 35.5. The highest BCUT2D eigenvalue weighted by molar-refractivity contribution is 7.92. The van der Waals surface area contributed by atoms with Gasteiger partial charge in [-0.25, -0.2) is 13.4 Å². The first kappa shape index (κ1) is 20.5. The Morgan fingerprint density at radius 1 is 1.14 bits per heavy atom. The maximum Gasteiger partial charge on any atom is 0.307 e. The second kappa shape index (κ2) is 8.44. The quantitative estimate of drug-likeness (QED) is 0.443. The number of fused-ring (bicyclic) bond motifs is 1. The minimum absolute atomic E-state index is 0.0294. The molecule has 8 nitrogen and oxygen atoms in total. The Labute approximate surface area is 167 Å². The lowest BCUT2D eigenvalue weighted by Crippen LogP contribution is -2.24. The van der Waals surface area contributed by atoms with E-state index in [1.54, 1.807) is 6.07 Å². The van der Waals surface area contributed by atoms with Crippen LogP contribution in [-0.2, 0) is 26.0 Å². The van der Waals surface area contributed by atoms with Crippen LogP contribution >= 0.6 is 0 Å². The fraction of sp³-hybridized carbons (Fsp3) is 0.250. The van der Waals surface area contributed by atoms with Gasteiger partial charge in [0.05, 0.1) is 12.7 Å². The number of ether oxygens (including phenoxy) is 1. The van der Waals surface area contributed by atoms with E-state index >= 15 is 0 Å². The Bertz CT molecular complexity index is 1100.